The van der Waals surface area contributed by atoms with E-state index in [4.69, 9.17) is 6.42 Å². The molecule has 0 unspecified atom stereocenters. The molecule has 1 rings (SSSR count). The van der Waals surface area contributed by atoms with E-state index in [0.29, 0.717) is 19.4 Å². The fraction of sp³-hybridized carbons (Fsp3) is 0.455. The smallest absolute Gasteiger partial charge is 0.220 e. The molecule has 2 N–H and O–H groups in total. The highest BCUT2D eigenvalue weighted by Gasteiger charge is 1.99. The average molecular weight is 205 g/mol. The fourth-order valence-electron chi connectivity index (χ4n) is 1.19. The molecule has 80 valence electrons. The van der Waals surface area contributed by atoms with Gasteiger partial charge in [0.05, 0.1) is 0 Å². The van der Waals surface area contributed by atoms with E-state index in [1.165, 1.54) is 0 Å². The van der Waals surface area contributed by atoms with Crippen molar-refractivity contribution in [2.24, 2.45) is 0 Å². The van der Waals surface area contributed by atoms with Gasteiger partial charge in [-0.3, -0.25) is 4.79 Å². The number of aromatic nitrogens is 2. The minimum absolute atomic E-state index is 0.0207. The molecule has 0 bridgehead atoms. The zero-order valence-electron chi connectivity index (χ0n) is 8.62. The minimum Gasteiger partial charge on any atom is -0.356 e. The van der Waals surface area contributed by atoms with Crippen molar-refractivity contribution in [1.29, 1.82) is 0 Å². The number of carbonyl (C=O) groups excluding carboxylic acids is 1. The first-order valence-electron chi connectivity index (χ1n) is 5.01. The topological polar surface area (TPSA) is 57.8 Å². The summed E-state index contributed by atoms with van der Waals surface area (Å²) in [6.07, 6.45) is 11.2. The number of nitrogens with zero attached hydrogens (tertiary/aromatic N) is 1. The fourth-order valence-corrected chi connectivity index (χ4v) is 1.19. The summed E-state index contributed by atoms with van der Waals surface area (Å²) in [5.41, 5.74) is 0. The van der Waals surface area contributed by atoms with Crippen LogP contribution in [0.3, 0.4) is 0 Å². The Hall–Kier alpha value is -1.76. The van der Waals surface area contributed by atoms with Crippen molar-refractivity contribution in [3.8, 4) is 12.3 Å². The normalized spacial score (nSPS) is 9.53. The number of carbonyl (C=O) groups is 1. The third-order valence-electron chi connectivity index (χ3n) is 1.96. The highest BCUT2D eigenvalue weighted by atomic mass is 16.1. The molecule has 1 amide bonds. The van der Waals surface area contributed by atoms with Crippen molar-refractivity contribution in [2.75, 3.05) is 6.54 Å². The predicted octanol–water partition coefficient (Wildman–Crippen LogP) is 0.872. The maximum Gasteiger partial charge on any atom is 0.220 e. The Bertz CT molecular complexity index is 324. The van der Waals surface area contributed by atoms with E-state index in [9.17, 15) is 4.79 Å². The second-order valence-corrected chi connectivity index (χ2v) is 3.19. The number of aromatic amines is 1. The summed E-state index contributed by atoms with van der Waals surface area (Å²) in [5, 5.41) is 2.80. The maximum absolute atomic E-state index is 11.1. The summed E-state index contributed by atoms with van der Waals surface area (Å²) in [6, 6.07) is 0. The summed E-state index contributed by atoms with van der Waals surface area (Å²) < 4.78 is 0. The lowest BCUT2D eigenvalue weighted by Gasteiger charge is -2.02. The standard InChI is InChI=1S/C11H15N3O/c1-2-3-6-11(15)14-7-4-5-10-12-8-9-13-10/h1,8-9H,3-7H2,(H,12,13)(H,14,15). The van der Waals surface area contributed by atoms with Gasteiger partial charge in [0.1, 0.15) is 5.82 Å². The largest absolute Gasteiger partial charge is 0.356 e. The molecule has 0 spiro atoms. The van der Waals surface area contributed by atoms with Crippen molar-refractivity contribution in [1.82, 2.24) is 15.3 Å². The first-order chi connectivity index (χ1) is 7.33. The van der Waals surface area contributed by atoms with Gasteiger partial charge in [-0.25, -0.2) is 4.98 Å². The van der Waals surface area contributed by atoms with Gasteiger partial charge in [0.2, 0.25) is 5.91 Å². The molecule has 1 aromatic rings. The Morgan fingerprint density at radius 2 is 2.53 bits per heavy atom. The lowest BCUT2D eigenvalue weighted by molar-refractivity contribution is -0.120. The Morgan fingerprint density at radius 3 is 3.20 bits per heavy atom. The van der Waals surface area contributed by atoms with E-state index < -0.39 is 0 Å². The first-order valence-corrected chi connectivity index (χ1v) is 5.01. The second-order valence-electron chi connectivity index (χ2n) is 3.19. The van der Waals surface area contributed by atoms with Crippen LogP contribution in [0.25, 0.3) is 0 Å². The van der Waals surface area contributed by atoms with Crippen molar-refractivity contribution in [3.63, 3.8) is 0 Å². The molecule has 1 heterocycles. The van der Waals surface area contributed by atoms with Gasteiger partial charge in [0.15, 0.2) is 0 Å². The Balaban J connectivity index is 2.02. The lowest BCUT2D eigenvalue weighted by atomic mass is 10.2. The number of nitrogens with one attached hydrogen (secondary N) is 2. The van der Waals surface area contributed by atoms with Gasteiger partial charge in [-0.1, -0.05) is 0 Å². The van der Waals surface area contributed by atoms with E-state index in [-0.39, 0.29) is 5.91 Å². The third-order valence-corrected chi connectivity index (χ3v) is 1.96. The Labute approximate surface area is 89.5 Å². The van der Waals surface area contributed by atoms with Crippen LogP contribution in [0, 0.1) is 12.3 Å². The monoisotopic (exact) mass is 205 g/mol. The molecule has 0 aliphatic rings. The summed E-state index contributed by atoms with van der Waals surface area (Å²) in [4.78, 5) is 18.2. The number of rotatable bonds is 6. The number of hydrogen-bond donors (Lipinski definition) is 2. The van der Waals surface area contributed by atoms with Gasteiger partial charge in [-0.15, -0.1) is 12.3 Å². The third kappa shape index (κ3) is 4.87. The Morgan fingerprint density at radius 1 is 1.67 bits per heavy atom. The maximum atomic E-state index is 11.1. The van der Waals surface area contributed by atoms with Gasteiger partial charge < -0.3 is 10.3 Å². The first kappa shape index (κ1) is 11.3. The molecule has 0 radical (unpaired) electrons. The molecule has 0 aliphatic carbocycles. The SMILES string of the molecule is C#CCCC(=O)NCCCc1ncc[nH]1. The average Bonchev–Trinajstić information content (AvgIpc) is 2.74. The lowest BCUT2D eigenvalue weighted by Crippen LogP contribution is -2.24. The molecule has 4 heteroatoms. The van der Waals surface area contributed by atoms with Crippen LogP contribution < -0.4 is 5.32 Å². The van der Waals surface area contributed by atoms with Crippen LogP contribution in [0.2, 0.25) is 0 Å². The minimum atomic E-state index is 0.0207. The summed E-state index contributed by atoms with van der Waals surface area (Å²) >= 11 is 0. The van der Waals surface area contributed by atoms with Crippen LogP contribution in [-0.4, -0.2) is 22.4 Å². The number of aryl methyl sites for hydroxylation is 1. The van der Waals surface area contributed by atoms with Crippen molar-refractivity contribution in [3.05, 3.63) is 18.2 Å². The molecule has 0 saturated carbocycles. The quantitative estimate of drug-likeness (QED) is 0.535. The van der Waals surface area contributed by atoms with E-state index in [0.717, 1.165) is 18.7 Å². The summed E-state index contributed by atoms with van der Waals surface area (Å²) in [5.74, 6) is 3.41. The molecule has 4 nitrogen and oxygen atoms in total. The van der Waals surface area contributed by atoms with Crippen LogP contribution in [0.1, 0.15) is 25.1 Å². The van der Waals surface area contributed by atoms with Gasteiger partial charge >= 0.3 is 0 Å². The van der Waals surface area contributed by atoms with Crippen LogP contribution >= 0.6 is 0 Å². The zero-order chi connectivity index (χ0) is 10.9. The van der Waals surface area contributed by atoms with Gasteiger partial charge in [0, 0.05) is 38.2 Å². The number of terminal acetylenes is 1. The molecule has 0 aliphatic heterocycles. The van der Waals surface area contributed by atoms with Crippen molar-refractivity contribution >= 4 is 5.91 Å². The van der Waals surface area contributed by atoms with E-state index >= 15 is 0 Å². The number of hydrogen-bond acceptors (Lipinski definition) is 2. The van der Waals surface area contributed by atoms with Gasteiger partial charge in [-0.2, -0.15) is 0 Å². The van der Waals surface area contributed by atoms with Gasteiger partial charge in [-0.05, 0) is 6.42 Å². The zero-order valence-corrected chi connectivity index (χ0v) is 8.62. The molecule has 0 fully saturated rings. The van der Waals surface area contributed by atoms with Crippen molar-refractivity contribution in [2.45, 2.75) is 25.7 Å². The Kier molecular flexibility index (Phi) is 5.02. The summed E-state index contributed by atoms with van der Waals surface area (Å²) in [6.45, 7) is 0.671. The molecule has 15 heavy (non-hydrogen) atoms. The van der Waals surface area contributed by atoms with Crippen LogP contribution in [0.5, 0.6) is 0 Å². The van der Waals surface area contributed by atoms with Crippen LogP contribution in [0.4, 0.5) is 0 Å². The van der Waals surface area contributed by atoms with Crippen LogP contribution in [-0.2, 0) is 11.2 Å². The molecular formula is C11H15N3O. The number of imidazole rings is 1. The highest BCUT2D eigenvalue weighted by Crippen LogP contribution is 1.93. The highest BCUT2D eigenvalue weighted by molar-refractivity contribution is 5.76. The number of H-pyrrole nitrogens is 1. The molecule has 0 aromatic carbocycles. The van der Waals surface area contributed by atoms with Crippen LogP contribution in [0.15, 0.2) is 12.4 Å². The number of amides is 1. The molecular weight excluding hydrogens is 190 g/mol. The van der Waals surface area contributed by atoms with E-state index in [1.54, 1.807) is 12.4 Å². The second kappa shape index (κ2) is 6.66. The molecule has 1 aromatic heterocycles. The van der Waals surface area contributed by atoms with E-state index in [2.05, 4.69) is 21.2 Å². The summed E-state index contributed by atoms with van der Waals surface area (Å²) in [7, 11) is 0. The van der Waals surface area contributed by atoms with E-state index in [1.807, 2.05) is 0 Å². The van der Waals surface area contributed by atoms with Gasteiger partial charge in [0.25, 0.3) is 0 Å². The van der Waals surface area contributed by atoms with Crippen molar-refractivity contribution < 1.29 is 4.79 Å². The predicted molar refractivity (Wildman–Crippen MR) is 58.0 cm³/mol. The molecule has 0 atom stereocenters. The molecule has 0 saturated heterocycles.